The number of imidazole rings is 1. The number of carbonyl (C=O) groups is 1. The predicted octanol–water partition coefficient (Wildman–Crippen LogP) is 5.84. The average molecular weight is 455 g/mol. The highest BCUT2D eigenvalue weighted by atomic mass is 16.4. The van der Waals surface area contributed by atoms with E-state index in [0.29, 0.717) is 18.7 Å². The number of aromatic nitrogens is 2. The molecule has 0 saturated carbocycles. The third-order valence-electron chi connectivity index (χ3n) is 6.12. The molecule has 0 radical (unpaired) electrons. The van der Waals surface area contributed by atoms with E-state index in [1.165, 1.54) is 0 Å². The zero-order valence-corrected chi connectivity index (χ0v) is 19.5. The Kier molecular flexibility index (Phi) is 7.43. The van der Waals surface area contributed by atoms with Gasteiger partial charge in [-0.3, -0.25) is 9.13 Å². The van der Waals surface area contributed by atoms with E-state index in [4.69, 9.17) is 0 Å². The Labute approximate surface area is 199 Å². The van der Waals surface area contributed by atoms with Gasteiger partial charge in [-0.2, -0.15) is 0 Å². The van der Waals surface area contributed by atoms with Crippen molar-refractivity contribution in [2.24, 2.45) is 0 Å². The Morgan fingerprint density at radius 1 is 0.824 bits per heavy atom. The highest BCUT2D eigenvalue weighted by Gasteiger charge is 2.14. The first kappa shape index (κ1) is 23.3. The highest BCUT2D eigenvalue weighted by Crippen LogP contribution is 2.24. The number of unbranched alkanes of at least 4 members (excludes halogenated alkanes) is 2. The van der Waals surface area contributed by atoms with Gasteiger partial charge in [0.2, 0.25) is 0 Å². The van der Waals surface area contributed by atoms with Gasteiger partial charge in [-0.05, 0) is 41.2 Å². The maximum atomic E-state index is 13.3. The number of hydrogen-bond acceptors (Lipinski definition) is 2. The van der Waals surface area contributed by atoms with Gasteiger partial charge in [0.25, 0.3) is 0 Å². The number of carboxylic acids is 1. The van der Waals surface area contributed by atoms with Crippen molar-refractivity contribution in [1.82, 2.24) is 9.13 Å². The van der Waals surface area contributed by atoms with E-state index in [0.717, 1.165) is 48.1 Å². The highest BCUT2D eigenvalue weighted by molar-refractivity contribution is 5.95. The fourth-order valence-electron chi connectivity index (χ4n) is 4.29. The zero-order chi connectivity index (χ0) is 23.9. The van der Waals surface area contributed by atoms with Crippen LogP contribution in [0, 0.1) is 0 Å². The quantitative estimate of drug-likeness (QED) is 0.306. The Balaban J connectivity index is 1.61. The van der Waals surface area contributed by atoms with Crippen LogP contribution < -0.4 is 5.69 Å². The minimum Gasteiger partial charge on any atom is -0.478 e. The summed E-state index contributed by atoms with van der Waals surface area (Å²) in [5, 5.41) is 9.49. The van der Waals surface area contributed by atoms with Crippen LogP contribution in [0.3, 0.4) is 0 Å². The molecule has 0 spiro atoms. The van der Waals surface area contributed by atoms with E-state index in [2.05, 4.69) is 6.92 Å². The number of aromatic carboxylic acids is 1. The second-order valence-electron chi connectivity index (χ2n) is 8.61. The van der Waals surface area contributed by atoms with Gasteiger partial charge in [-0.25, -0.2) is 9.59 Å². The molecule has 0 saturated heterocycles. The van der Waals surface area contributed by atoms with Gasteiger partial charge in [0.15, 0.2) is 0 Å². The van der Waals surface area contributed by atoms with Crippen LogP contribution in [0.4, 0.5) is 0 Å². The van der Waals surface area contributed by atoms with Crippen molar-refractivity contribution in [3.05, 3.63) is 118 Å². The summed E-state index contributed by atoms with van der Waals surface area (Å²) in [4.78, 5) is 24.9. The lowest BCUT2D eigenvalue weighted by Crippen LogP contribution is -2.26. The molecule has 0 aliphatic heterocycles. The molecular formula is C29H30N2O3. The SMILES string of the molecule is CCCCCc1cn(Cc2ccccc2)c(=O)n1Cc1ccc(-c2ccccc2C(=O)O)cc1. The number of nitrogens with zero attached hydrogens (tertiary/aromatic N) is 2. The van der Waals surface area contributed by atoms with Crippen molar-refractivity contribution in [3.8, 4) is 11.1 Å². The minimum atomic E-state index is -0.942. The lowest BCUT2D eigenvalue weighted by Gasteiger charge is -2.10. The molecule has 0 aliphatic carbocycles. The molecule has 34 heavy (non-hydrogen) atoms. The van der Waals surface area contributed by atoms with Crippen LogP contribution in [0.15, 0.2) is 89.9 Å². The van der Waals surface area contributed by atoms with Gasteiger partial charge in [0, 0.05) is 11.9 Å². The molecule has 4 aromatic rings. The third kappa shape index (κ3) is 5.37. The van der Waals surface area contributed by atoms with Crippen LogP contribution in [0.2, 0.25) is 0 Å². The Morgan fingerprint density at radius 3 is 2.21 bits per heavy atom. The summed E-state index contributed by atoms with van der Waals surface area (Å²) >= 11 is 0. The van der Waals surface area contributed by atoms with Gasteiger partial charge < -0.3 is 5.11 Å². The average Bonchev–Trinajstić information content (AvgIpc) is 3.14. The molecule has 0 fully saturated rings. The van der Waals surface area contributed by atoms with Crippen LogP contribution in [0.25, 0.3) is 11.1 Å². The van der Waals surface area contributed by atoms with Gasteiger partial charge in [-0.1, -0.05) is 92.6 Å². The van der Waals surface area contributed by atoms with Crippen molar-refractivity contribution in [2.75, 3.05) is 0 Å². The first-order valence-electron chi connectivity index (χ1n) is 11.8. The van der Waals surface area contributed by atoms with E-state index < -0.39 is 5.97 Å². The molecule has 1 N–H and O–H groups in total. The van der Waals surface area contributed by atoms with Gasteiger partial charge >= 0.3 is 11.7 Å². The van der Waals surface area contributed by atoms with Crippen molar-refractivity contribution >= 4 is 5.97 Å². The molecular weight excluding hydrogens is 424 g/mol. The normalized spacial score (nSPS) is 11.0. The van der Waals surface area contributed by atoms with Crippen molar-refractivity contribution in [1.29, 1.82) is 0 Å². The van der Waals surface area contributed by atoms with Gasteiger partial charge in [0.05, 0.1) is 18.7 Å². The molecule has 5 nitrogen and oxygen atoms in total. The molecule has 0 aliphatic rings. The first-order valence-corrected chi connectivity index (χ1v) is 11.8. The third-order valence-corrected chi connectivity index (χ3v) is 6.12. The lowest BCUT2D eigenvalue weighted by molar-refractivity contribution is 0.0697. The predicted molar refractivity (Wildman–Crippen MR) is 135 cm³/mol. The maximum Gasteiger partial charge on any atom is 0.336 e. The molecule has 0 bridgehead atoms. The summed E-state index contributed by atoms with van der Waals surface area (Å²) in [6, 6.07) is 24.8. The van der Waals surface area contributed by atoms with E-state index in [1.807, 2.05) is 77.5 Å². The maximum absolute atomic E-state index is 13.3. The van der Waals surface area contributed by atoms with Crippen LogP contribution in [-0.2, 0) is 19.5 Å². The number of rotatable bonds is 10. The number of carboxylic acid groups (broad SMARTS) is 1. The molecule has 0 unspecified atom stereocenters. The largest absolute Gasteiger partial charge is 0.478 e. The molecule has 0 amide bonds. The monoisotopic (exact) mass is 454 g/mol. The molecule has 5 heteroatoms. The Hall–Kier alpha value is -3.86. The summed E-state index contributed by atoms with van der Waals surface area (Å²) in [6.07, 6.45) is 6.19. The van der Waals surface area contributed by atoms with E-state index in [-0.39, 0.29) is 11.3 Å². The Bertz CT molecular complexity index is 1300. The lowest BCUT2D eigenvalue weighted by atomic mass is 9.99. The van der Waals surface area contributed by atoms with E-state index in [9.17, 15) is 14.7 Å². The molecule has 174 valence electrons. The van der Waals surface area contributed by atoms with Crippen LogP contribution in [0.5, 0.6) is 0 Å². The number of hydrogen-bond donors (Lipinski definition) is 1. The summed E-state index contributed by atoms with van der Waals surface area (Å²) < 4.78 is 3.67. The van der Waals surface area contributed by atoms with Gasteiger partial charge in [-0.15, -0.1) is 0 Å². The second kappa shape index (κ2) is 10.8. The zero-order valence-electron chi connectivity index (χ0n) is 19.5. The van der Waals surface area contributed by atoms with E-state index in [1.54, 1.807) is 16.7 Å². The fourth-order valence-corrected chi connectivity index (χ4v) is 4.29. The van der Waals surface area contributed by atoms with Crippen molar-refractivity contribution in [3.63, 3.8) is 0 Å². The van der Waals surface area contributed by atoms with Crippen LogP contribution in [0.1, 0.15) is 53.4 Å². The summed E-state index contributed by atoms with van der Waals surface area (Å²) in [7, 11) is 0. The fraction of sp³-hybridized carbons (Fsp3) is 0.241. The number of benzene rings is 3. The standard InChI is InChI=1S/C29H30N2O3/c1-2-3-5-12-25-21-30(19-22-10-6-4-7-11-22)29(34)31(25)20-23-15-17-24(18-16-23)26-13-8-9-14-27(26)28(32)33/h4,6-11,13-18,21H,2-3,5,12,19-20H2,1H3,(H,32,33). The van der Waals surface area contributed by atoms with Crippen LogP contribution in [-0.4, -0.2) is 20.2 Å². The molecule has 0 atom stereocenters. The molecule has 3 aromatic carbocycles. The molecule has 1 heterocycles. The summed E-state index contributed by atoms with van der Waals surface area (Å²) in [5.41, 5.74) is 4.97. The van der Waals surface area contributed by atoms with Gasteiger partial charge in [0.1, 0.15) is 0 Å². The Morgan fingerprint density at radius 2 is 1.50 bits per heavy atom. The summed E-state index contributed by atoms with van der Waals surface area (Å²) in [5.74, 6) is -0.942. The summed E-state index contributed by atoms with van der Waals surface area (Å²) in [6.45, 7) is 3.22. The first-order chi connectivity index (χ1) is 16.6. The van der Waals surface area contributed by atoms with Crippen LogP contribution >= 0.6 is 0 Å². The topological polar surface area (TPSA) is 64.2 Å². The number of aryl methyl sites for hydroxylation is 1. The smallest absolute Gasteiger partial charge is 0.336 e. The van der Waals surface area contributed by atoms with Crippen molar-refractivity contribution < 1.29 is 9.90 Å². The molecule has 1 aromatic heterocycles. The van der Waals surface area contributed by atoms with E-state index >= 15 is 0 Å². The second-order valence-corrected chi connectivity index (χ2v) is 8.61. The minimum absolute atomic E-state index is 0.00403. The van der Waals surface area contributed by atoms with Crippen molar-refractivity contribution in [2.45, 2.75) is 45.7 Å². The molecule has 4 rings (SSSR count).